The summed E-state index contributed by atoms with van der Waals surface area (Å²) in [4.78, 5) is 17.7. The molecule has 0 saturated carbocycles. The van der Waals surface area contributed by atoms with Crippen LogP contribution in [0.3, 0.4) is 0 Å². The zero-order valence-electron chi connectivity index (χ0n) is 12.3. The summed E-state index contributed by atoms with van der Waals surface area (Å²) in [6, 6.07) is 5.24. The van der Waals surface area contributed by atoms with E-state index in [9.17, 15) is 4.79 Å². The Morgan fingerprint density at radius 2 is 2.14 bits per heavy atom. The smallest absolute Gasteiger partial charge is 0.354 e. The van der Waals surface area contributed by atoms with Crippen LogP contribution in [0.2, 0.25) is 0 Å². The molecule has 3 rings (SSSR count). The van der Waals surface area contributed by atoms with Gasteiger partial charge in [-0.15, -0.1) is 0 Å². The van der Waals surface area contributed by atoms with E-state index < -0.39 is 5.97 Å². The highest BCUT2D eigenvalue weighted by Gasteiger charge is 2.36. The monoisotopic (exact) mass is 290 g/mol. The largest absolute Gasteiger partial charge is 0.477 e. The standard InChI is InChI=1S/C16H22N2O3/c19-15(20)14-4-1-3-13(17-14)11-18-8-2-5-16(12-18)6-9-21-10-7-16/h1,3-4H,2,5-12H2,(H,19,20). The molecule has 2 fully saturated rings. The fourth-order valence-electron chi connectivity index (χ4n) is 3.57. The third kappa shape index (κ3) is 3.41. The summed E-state index contributed by atoms with van der Waals surface area (Å²) >= 11 is 0. The van der Waals surface area contributed by atoms with Crippen LogP contribution in [-0.4, -0.2) is 47.3 Å². The fourth-order valence-corrected chi connectivity index (χ4v) is 3.57. The Bertz CT molecular complexity index is 506. The van der Waals surface area contributed by atoms with Crippen molar-refractivity contribution in [1.82, 2.24) is 9.88 Å². The predicted molar refractivity (Wildman–Crippen MR) is 78.2 cm³/mol. The van der Waals surface area contributed by atoms with E-state index in [-0.39, 0.29) is 5.69 Å². The van der Waals surface area contributed by atoms with Gasteiger partial charge in [0.15, 0.2) is 0 Å². The molecule has 114 valence electrons. The minimum Gasteiger partial charge on any atom is -0.477 e. The van der Waals surface area contributed by atoms with Crippen molar-refractivity contribution in [2.24, 2.45) is 5.41 Å². The van der Waals surface area contributed by atoms with Gasteiger partial charge in [-0.05, 0) is 49.8 Å². The molecule has 2 saturated heterocycles. The normalized spacial score (nSPS) is 22.3. The van der Waals surface area contributed by atoms with Gasteiger partial charge < -0.3 is 9.84 Å². The van der Waals surface area contributed by atoms with Gasteiger partial charge in [0.25, 0.3) is 0 Å². The molecule has 1 N–H and O–H groups in total. The molecule has 1 spiro atoms. The number of likely N-dealkylation sites (tertiary alicyclic amines) is 1. The molecule has 21 heavy (non-hydrogen) atoms. The first kappa shape index (κ1) is 14.5. The Kier molecular flexibility index (Phi) is 4.22. The molecule has 5 heteroatoms. The van der Waals surface area contributed by atoms with Crippen LogP contribution in [0.5, 0.6) is 0 Å². The van der Waals surface area contributed by atoms with Crippen LogP contribution in [-0.2, 0) is 11.3 Å². The SMILES string of the molecule is O=C(O)c1cccc(CN2CCCC3(CCOCC3)C2)n1. The number of hydrogen-bond acceptors (Lipinski definition) is 4. The molecule has 2 aliphatic heterocycles. The first-order valence-corrected chi connectivity index (χ1v) is 7.66. The van der Waals surface area contributed by atoms with E-state index in [1.54, 1.807) is 12.1 Å². The molecule has 2 aliphatic rings. The molecule has 0 atom stereocenters. The molecule has 0 radical (unpaired) electrons. The van der Waals surface area contributed by atoms with Crippen molar-refractivity contribution in [1.29, 1.82) is 0 Å². The summed E-state index contributed by atoms with van der Waals surface area (Å²) in [5.74, 6) is -0.962. The predicted octanol–water partition coefficient (Wildman–Crippen LogP) is 2.17. The minimum absolute atomic E-state index is 0.130. The van der Waals surface area contributed by atoms with E-state index in [1.165, 1.54) is 12.8 Å². The number of carbonyl (C=O) groups is 1. The van der Waals surface area contributed by atoms with Crippen LogP contribution >= 0.6 is 0 Å². The summed E-state index contributed by atoms with van der Waals surface area (Å²) in [6.07, 6.45) is 4.78. The average molecular weight is 290 g/mol. The lowest BCUT2D eigenvalue weighted by atomic mass is 9.74. The van der Waals surface area contributed by atoms with E-state index >= 15 is 0 Å². The van der Waals surface area contributed by atoms with Gasteiger partial charge in [0.05, 0.1) is 5.69 Å². The summed E-state index contributed by atoms with van der Waals surface area (Å²) in [5, 5.41) is 9.02. The van der Waals surface area contributed by atoms with Crippen molar-refractivity contribution in [3.05, 3.63) is 29.6 Å². The topological polar surface area (TPSA) is 62.7 Å². The highest BCUT2D eigenvalue weighted by atomic mass is 16.5. The van der Waals surface area contributed by atoms with Gasteiger partial charge in [-0.25, -0.2) is 9.78 Å². The Labute approximate surface area is 124 Å². The number of rotatable bonds is 3. The van der Waals surface area contributed by atoms with Crippen LogP contribution < -0.4 is 0 Å². The number of aromatic carboxylic acids is 1. The Morgan fingerprint density at radius 3 is 2.90 bits per heavy atom. The van der Waals surface area contributed by atoms with Crippen molar-refractivity contribution < 1.29 is 14.6 Å². The van der Waals surface area contributed by atoms with Gasteiger partial charge in [-0.1, -0.05) is 6.07 Å². The highest BCUT2D eigenvalue weighted by molar-refractivity contribution is 5.85. The lowest BCUT2D eigenvalue weighted by Crippen LogP contribution is -2.45. The summed E-state index contributed by atoms with van der Waals surface area (Å²) in [7, 11) is 0. The fraction of sp³-hybridized carbons (Fsp3) is 0.625. The van der Waals surface area contributed by atoms with Gasteiger partial charge in [0, 0.05) is 26.3 Å². The Morgan fingerprint density at radius 1 is 1.33 bits per heavy atom. The molecule has 5 nitrogen and oxygen atoms in total. The summed E-state index contributed by atoms with van der Waals surface area (Å²) in [5.41, 5.74) is 1.38. The maximum atomic E-state index is 11.0. The lowest BCUT2D eigenvalue weighted by Gasteiger charge is -2.45. The van der Waals surface area contributed by atoms with Crippen LogP contribution in [0.15, 0.2) is 18.2 Å². The molecule has 0 aliphatic carbocycles. The van der Waals surface area contributed by atoms with Gasteiger partial charge in [0.1, 0.15) is 5.69 Å². The minimum atomic E-state index is -0.962. The third-order valence-electron chi connectivity index (χ3n) is 4.71. The number of piperidine rings is 1. The van der Waals surface area contributed by atoms with Crippen molar-refractivity contribution in [2.75, 3.05) is 26.3 Å². The molecular weight excluding hydrogens is 268 g/mol. The number of pyridine rings is 1. The number of ether oxygens (including phenoxy) is 1. The summed E-state index contributed by atoms with van der Waals surface area (Å²) in [6.45, 7) is 4.64. The molecule has 0 bridgehead atoms. The first-order valence-electron chi connectivity index (χ1n) is 7.66. The molecule has 0 unspecified atom stereocenters. The molecule has 1 aromatic rings. The molecule has 3 heterocycles. The molecule has 1 aromatic heterocycles. The van der Waals surface area contributed by atoms with Gasteiger partial charge >= 0.3 is 5.97 Å². The molecule has 0 aromatic carbocycles. The zero-order chi connectivity index (χ0) is 14.7. The second-order valence-corrected chi connectivity index (χ2v) is 6.25. The number of carboxylic acid groups (broad SMARTS) is 1. The van der Waals surface area contributed by atoms with E-state index in [1.807, 2.05) is 6.07 Å². The maximum absolute atomic E-state index is 11.0. The number of nitrogens with zero attached hydrogens (tertiary/aromatic N) is 2. The Hall–Kier alpha value is -1.46. The lowest BCUT2D eigenvalue weighted by molar-refractivity contribution is -0.0293. The zero-order valence-corrected chi connectivity index (χ0v) is 12.3. The second kappa shape index (κ2) is 6.12. The highest BCUT2D eigenvalue weighted by Crippen LogP contribution is 2.39. The second-order valence-electron chi connectivity index (χ2n) is 6.25. The third-order valence-corrected chi connectivity index (χ3v) is 4.71. The van der Waals surface area contributed by atoms with Crippen molar-refractivity contribution in [3.8, 4) is 0 Å². The van der Waals surface area contributed by atoms with Gasteiger partial charge in [0.2, 0.25) is 0 Å². The summed E-state index contributed by atoms with van der Waals surface area (Å²) < 4.78 is 5.50. The van der Waals surface area contributed by atoms with E-state index in [2.05, 4.69) is 9.88 Å². The number of carboxylic acids is 1. The quantitative estimate of drug-likeness (QED) is 0.924. The first-order chi connectivity index (χ1) is 10.2. The van der Waals surface area contributed by atoms with Gasteiger partial charge in [-0.2, -0.15) is 0 Å². The molecule has 0 amide bonds. The van der Waals surface area contributed by atoms with Crippen molar-refractivity contribution in [3.63, 3.8) is 0 Å². The van der Waals surface area contributed by atoms with Crippen LogP contribution in [0.4, 0.5) is 0 Å². The van der Waals surface area contributed by atoms with Gasteiger partial charge in [-0.3, -0.25) is 4.90 Å². The maximum Gasteiger partial charge on any atom is 0.354 e. The van der Waals surface area contributed by atoms with E-state index in [0.29, 0.717) is 5.41 Å². The Balaban J connectivity index is 1.67. The number of aromatic nitrogens is 1. The van der Waals surface area contributed by atoms with Crippen LogP contribution in [0, 0.1) is 5.41 Å². The van der Waals surface area contributed by atoms with Crippen LogP contribution in [0.1, 0.15) is 41.9 Å². The van der Waals surface area contributed by atoms with E-state index in [0.717, 1.165) is 51.4 Å². The van der Waals surface area contributed by atoms with Crippen LogP contribution in [0.25, 0.3) is 0 Å². The van der Waals surface area contributed by atoms with Crippen molar-refractivity contribution in [2.45, 2.75) is 32.2 Å². The van der Waals surface area contributed by atoms with Crippen molar-refractivity contribution >= 4 is 5.97 Å². The average Bonchev–Trinajstić information content (AvgIpc) is 2.48. The van der Waals surface area contributed by atoms with E-state index in [4.69, 9.17) is 9.84 Å². The molecular formula is C16H22N2O3. The number of hydrogen-bond donors (Lipinski definition) is 1.